The smallest absolute Gasteiger partial charge is 0.377 e. The molecule has 4 rings (SSSR count). The minimum Gasteiger partial charge on any atom is -0.377 e. The second kappa shape index (κ2) is 7.83. The Kier molecular flexibility index (Phi) is 5.46. The topological polar surface area (TPSA) is 73.4 Å². The maximum Gasteiger partial charge on any atom is 0.433 e. The lowest BCUT2D eigenvalue weighted by Crippen LogP contribution is -2.57. The van der Waals surface area contributed by atoms with E-state index >= 15 is 0 Å². The summed E-state index contributed by atoms with van der Waals surface area (Å²) >= 11 is 0. The number of halogens is 6. The molecule has 2 aliphatic rings. The SMILES string of the molecule is N[C@@H](CC(=O)N1[C@H]2COC[C@H]1c1ncc(C(F)(F)F)n1C2)Cc1cc(F)c(F)cc1F. The molecule has 2 aromatic rings. The van der Waals surface area contributed by atoms with Crippen molar-refractivity contribution in [2.75, 3.05) is 13.2 Å². The highest BCUT2D eigenvalue weighted by molar-refractivity contribution is 5.78. The lowest BCUT2D eigenvalue weighted by Gasteiger charge is -2.46. The number of benzene rings is 1. The zero-order chi connectivity index (χ0) is 22.5. The van der Waals surface area contributed by atoms with Crippen molar-refractivity contribution in [1.29, 1.82) is 0 Å². The number of morpholine rings is 1. The summed E-state index contributed by atoms with van der Waals surface area (Å²) in [4.78, 5) is 18.2. The molecule has 1 aromatic carbocycles. The van der Waals surface area contributed by atoms with Crippen molar-refractivity contribution in [3.05, 3.63) is 52.9 Å². The number of amides is 1. The van der Waals surface area contributed by atoms with Crippen molar-refractivity contribution in [2.24, 2.45) is 5.73 Å². The summed E-state index contributed by atoms with van der Waals surface area (Å²) in [5.41, 5.74) is 4.88. The normalized spacial score (nSPS) is 21.7. The number of hydrogen-bond acceptors (Lipinski definition) is 4. The minimum atomic E-state index is -4.58. The van der Waals surface area contributed by atoms with Crippen LogP contribution < -0.4 is 5.73 Å². The number of rotatable bonds is 4. The highest BCUT2D eigenvalue weighted by Crippen LogP contribution is 2.38. The molecule has 0 saturated carbocycles. The van der Waals surface area contributed by atoms with E-state index in [9.17, 15) is 31.1 Å². The third-order valence-electron chi connectivity index (χ3n) is 5.48. The molecule has 1 fully saturated rings. The third-order valence-corrected chi connectivity index (χ3v) is 5.48. The van der Waals surface area contributed by atoms with Crippen molar-refractivity contribution in [1.82, 2.24) is 14.5 Å². The van der Waals surface area contributed by atoms with E-state index in [4.69, 9.17) is 10.5 Å². The van der Waals surface area contributed by atoms with Gasteiger partial charge in [-0.15, -0.1) is 0 Å². The third kappa shape index (κ3) is 4.01. The molecule has 1 aromatic heterocycles. The van der Waals surface area contributed by atoms with E-state index in [1.165, 1.54) is 4.90 Å². The molecule has 2 bridgehead atoms. The van der Waals surface area contributed by atoms with Crippen molar-refractivity contribution in [3.8, 4) is 0 Å². The van der Waals surface area contributed by atoms with Crippen LogP contribution in [0.15, 0.2) is 18.3 Å². The second-order valence-corrected chi connectivity index (χ2v) is 7.64. The van der Waals surface area contributed by atoms with Gasteiger partial charge in [-0.2, -0.15) is 13.2 Å². The summed E-state index contributed by atoms with van der Waals surface area (Å²) in [5, 5.41) is 0. The van der Waals surface area contributed by atoms with Crippen LogP contribution in [-0.4, -0.2) is 45.7 Å². The molecule has 3 atom stereocenters. The van der Waals surface area contributed by atoms with Gasteiger partial charge in [0.15, 0.2) is 11.6 Å². The van der Waals surface area contributed by atoms with Crippen LogP contribution in [0.25, 0.3) is 0 Å². The number of carbonyl (C=O) groups excluding carboxylic acids is 1. The highest BCUT2D eigenvalue weighted by Gasteiger charge is 2.46. The monoisotopic (exact) mass is 448 g/mol. The number of ether oxygens (including phenoxy) is 1. The molecule has 0 radical (unpaired) electrons. The zero-order valence-corrected chi connectivity index (χ0v) is 16.0. The summed E-state index contributed by atoms with van der Waals surface area (Å²) in [6.07, 6.45) is -4.33. The van der Waals surface area contributed by atoms with Gasteiger partial charge in [0.05, 0.1) is 25.5 Å². The molecule has 2 N–H and O–H groups in total. The molecular formula is C19H18F6N4O2. The van der Waals surface area contributed by atoms with Crippen LogP contribution in [0.5, 0.6) is 0 Å². The molecule has 12 heteroatoms. The number of hydrogen-bond donors (Lipinski definition) is 1. The van der Waals surface area contributed by atoms with Gasteiger partial charge >= 0.3 is 6.18 Å². The maximum absolute atomic E-state index is 13.9. The molecule has 1 saturated heterocycles. The maximum atomic E-state index is 13.9. The van der Waals surface area contributed by atoms with E-state index in [1.807, 2.05) is 0 Å². The van der Waals surface area contributed by atoms with E-state index in [-0.39, 0.29) is 44.0 Å². The summed E-state index contributed by atoms with van der Waals surface area (Å²) in [5.74, 6) is -3.94. The van der Waals surface area contributed by atoms with E-state index in [1.54, 1.807) is 0 Å². The molecule has 6 nitrogen and oxygen atoms in total. The Morgan fingerprint density at radius 2 is 1.90 bits per heavy atom. The molecule has 3 heterocycles. The Labute approximate surface area is 172 Å². The fraction of sp³-hybridized carbons (Fsp3) is 0.474. The summed E-state index contributed by atoms with van der Waals surface area (Å²) in [7, 11) is 0. The number of imidazole rings is 1. The number of alkyl halides is 3. The number of fused-ring (bicyclic) bond motifs is 4. The Hall–Kier alpha value is -2.60. The Bertz CT molecular complexity index is 1010. The van der Waals surface area contributed by atoms with Gasteiger partial charge in [-0.25, -0.2) is 18.2 Å². The first-order valence-corrected chi connectivity index (χ1v) is 9.46. The van der Waals surface area contributed by atoms with Crippen LogP contribution in [0, 0.1) is 17.5 Å². The highest BCUT2D eigenvalue weighted by atomic mass is 19.4. The number of carbonyl (C=O) groups is 1. The number of nitrogens with zero attached hydrogens (tertiary/aromatic N) is 3. The Morgan fingerprint density at radius 3 is 2.61 bits per heavy atom. The fourth-order valence-electron chi connectivity index (χ4n) is 4.14. The van der Waals surface area contributed by atoms with Crippen molar-refractivity contribution >= 4 is 5.91 Å². The van der Waals surface area contributed by atoms with E-state index in [2.05, 4.69) is 4.98 Å². The number of aromatic nitrogens is 2. The van der Waals surface area contributed by atoms with Crippen LogP contribution in [0.2, 0.25) is 0 Å². The summed E-state index contributed by atoms with van der Waals surface area (Å²) < 4.78 is 86.5. The lowest BCUT2D eigenvalue weighted by molar-refractivity contribution is -0.155. The van der Waals surface area contributed by atoms with E-state index in [0.29, 0.717) is 12.1 Å². The van der Waals surface area contributed by atoms with Gasteiger partial charge in [0, 0.05) is 25.1 Å². The van der Waals surface area contributed by atoms with Crippen LogP contribution in [0.4, 0.5) is 26.3 Å². The molecule has 1 amide bonds. The molecule has 31 heavy (non-hydrogen) atoms. The van der Waals surface area contributed by atoms with Gasteiger partial charge in [-0.05, 0) is 18.1 Å². The van der Waals surface area contributed by atoms with E-state index < -0.39 is 53.4 Å². The predicted molar refractivity (Wildman–Crippen MR) is 94.0 cm³/mol. The van der Waals surface area contributed by atoms with Crippen LogP contribution in [-0.2, 0) is 28.7 Å². The van der Waals surface area contributed by atoms with Gasteiger partial charge in [-0.3, -0.25) is 4.79 Å². The van der Waals surface area contributed by atoms with Crippen molar-refractivity contribution < 1.29 is 35.9 Å². The van der Waals surface area contributed by atoms with Gasteiger partial charge in [0.1, 0.15) is 23.4 Å². The van der Waals surface area contributed by atoms with Crippen LogP contribution in [0.1, 0.15) is 29.5 Å². The molecule has 168 valence electrons. The Balaban J connectivity index is 1.51. The number of nitrogens with two attached hydrogens (primary N) is 1. The van der Waals surface area contributed by atoms with Gasteiger partial charge in [0.25, 0.3) is 0 Å². The summed E-state index contributed by atoms with van der Waals surface area (Å²) in [6.45, 7) is -0.118. The quantitative estimate of drug-likeness (QED) is 0.577. The van der Waals surface area contributed by atoms with E-state index in [0.717, 1.165) is 10.8 Å². The molecule has 0 unspecified atom stereocenters. The predicted octanol–water partition coefficient (Wildman–Crippen LogP) is 2.56. The minimum absolute atomic E-state index is 0.0242. The average molecular weight is 448 g/mol. The first-order valence-electron chi connectivity index (χ1n) is 9.46. The molecule has 2 aliphatic heterocycles. The second-order valence-electron chi connectivity index (χ2n) is 7.64. The first kappa shape index (κ1) is 21.6. The average Bonchev–Trinajstić information content (AvgIpc) is 3.09. The fourth-order valence-corrected chi connectivity index (χ4v) is 4.14. The first-order chi connectivity index (χ1) is 14.6. The van der Waals surface area contributed by atoms with Crippen LogP contribution in [0.3, 0.4) is 0 Å². The van der Waals surface area contributed by atoms with Crippen molar-refractivity contribution in [2.45, 2.75) is 43.7 Å². The largest absolute Gasteiger partial charge is 0.433 e. The summed E-state index contributed by atoms with van der Waals surface area (Å²) in [6, 6.07) is -1.29. The molecular weight excluding hydrogens is 430 g/mol. The van der Waals surface area contributed by atoms with Gasteiger partial charge in [0.2, 0.25) is 5.91 Å². The lowest BCUT2D eigenvalue weighted by atomic mass is 9.99. The Morgan fingerprint density at radius 1 is 1.19 bits per heavy atom. The van der Waals surface area contributed by atoms with Crippen molar-refractivity contribution in [3.63, 3.8) is 0 Å². The van der Waals surface area contributed by atoms with Gasteiger partial charge < -0.3 is 19.9 Å². The van der Waals surface area contributed by atoms with Crippen LogP contribution >= 0.6 is 0 Å². The molecule has 0 spiro atoms. The standard InChI is InChI=1S/C19H18F6N4O2/c20-12-4-14(22)13(21)2-9(12)1-10(26)3-17(30)29-11-6-28-16(19(23,24)25)5-27-18(28)15(29)8-31-7-11/h2,4-5,10-11,15H,1,3,6-8,26H2/t10-,11-,15+/m1/s1. The zero-order valence-electron chi connectivity index (χ0n) is 16.0. The molecule has 0 aliphatic carbocycles. The van der Waals surface area contributed by atoms with Gasteiger partial charge in [-0.1, -0.05) is 0 Å².